The van der Waals surface area contributed by atoms with Crippen molar-refractivity contribution in [3.05, 3.63) is 34.9 Å². The van der Waals surface area contributed by atoms with Gasteiger partial charge in [-0.1, -0.05) is 23.7 Å². The lowest BCUT2D eigenvalue weighted by molar-refractivity contribution is 0.430. The summed E-state index contributed by atoms with van der Waals surface area (Å²) >= 11 is 5.92. The van der Waals surface area contributed by atoms with Crippen molar-refractivity contribution in [3.63, 3.8) is 0 Å². The summed E-state index contributed by atoms with van der Waals surface area (Å²) in [5, 5.41) is 7.60. The van der Waals surface area contributed by atoms with Gasteiger partial charge in [-0.25, -0.2) is 0 Å². The molecule has 0 radical (unpaired) electrons. The Morgan fingerprint density at radius 2 is 2.23 bits per heavy atom. The number of hydrogen-bond acceptors (Lipinski definition) is 2. The highest BCUT2D eigenvalue weighted by Crippen LogP contribution is 2.17. The molecule has 0 aliphatic carbocycles. The van der Waals surface area contributed by atoms with Gasteiger partial charge in [0.2, 0.25) is 0 Å². The summed E-state index contributed by atoms with van der Waals surface area (Å²) in [4.78, 5) is 0. The van der Waals surface area contributed by atoms with E-state index >= 15 is 0 Å². The van der Waals surface area contributed by atoms with Gasteiger partial charge < -0.3 is 10.6 Å². The first-order valence-corrected chi connectivity index (χ1v) is 4.93. The maximum atomic E-state index is 5.92. The summed E-state index contributed by atoms with van der Waals surface area (Å²) in [5.41, 5.74) is 1.26. The third-order valence-corrected chi connectivity index (χ3v) is 2.53. The van der Waals surface area contributed by atoms with E-state index in [9.17, 15) is 0 Å². The van der Waals surface area contributed by atoms with E-state index in [1.807, 2.05) is 18.2 Å². The highest BCUT2D eigenvalue weighted by Gasteiger charge is 2.13. The Balaban J connectivity index is 2.14. The quantitative estimate of drug-likeness (QED) is 0.713. The van der Waals surface area contributed by atoms with Gasteiger partial charge in [0.15, 0.2) is 0 Å². The average molecular weight is 197 g/mol. The van der Waals surface area contributed by atoms with Crippen LogP contribution in [0.1, 0.15) is 11.6 Å². The molecule has 0 spiro atoms. The molecular formula is C10H13ClN2. The molecule has 0 saturated carbocycles. The molecular weight excluding hydrogens is 184 g/mol. The molecule has 2 nitrogen and oxygen atoms in total. The molecule has 1 atom stereocenters. The zero-order valence-electron chi connectivity index (χ0n) is 7.39. The smallest absolute Gasteiger partial charge is 0.0447 e. The summed E-state index contributed by atoms with van der Waals surface area (Å²) in [6.45, 7) is 3.06. The Kier molecular flexibility index (Phi) is 2.83. The second kappa shape index (κ2) is 4.09. The summed E-state index contributed by atoms with van der Waals surface area (Å²) in [7, 11) is 0. The third-order valence-electron chi connectivity index (χ3n) is 2.29. The standard InChI is InChI=1S/C10H13ClN2/c11-9-3-1-2-8(6-9)10-7-12-4-5-13-10/h1-3,6,10,12-13H,4-5,7H2/t10-/m1/s1. The van der Waals surface area contributed by atoms with Crippen LogP contribution in [-0.2, 0) is 0 Å². The van der Waals surface area contributed by atoms with Gasteiger partial charge in [0.1, 0.15) is 0 Å². The lowest BCUT2D eigenvalue weighted by atomic mass is 10.1. The van der Waals surface area contributed by atoms with Gasteiger partial charge in [0.25, 0.3) is 0 Å². The number of piperazine rings is 1. The minimum atomic E-state index is 0.410. The summed E-state index contributed by atoms with van der Waals surface area (Å²) in [6, 6.07) is 8.44. The first-order valence-electron chi connectivity index (χ1n) is 4.56. The summed E-state index contributed by atoms with van der Waals surface area (Å²) < 4.78 is 0. The molecule has 1 heterocycles. The van der Waals surface area contributed by atoms with Crippen molar-refractivity contribution in [1.29, 1.82) is 0 Å². The van der Waals surface area contributed by atoms with E-state index in [1.165, 1.54) is 5.56 Å². The molecule has 2 N–H and O–H groups in total. The van der Waals surface area contributed by atoms with Gasteiger partial charge in [-0.2, -0.15) is 0 Å². The number of rotatable bonds is 1. The van der Waals surface area contributed by atoms with E-state index in [4.69, 9.17) is 11.6 Å². The van der Waals surface area contributed by atoms with E-state index in [-0.39, 0.29) is 0 Å². The molecule has 70 valence electrons. The second-order valence-corrected chi connectivity index (χ2v) is 3.70. The van der Waals surface area contributed by atoms with Gasteiger partial charge in [0.05, 0.1) is 0 Å². The van der Waals surface area contributed by atoms with E-state index in [0.29, 0.717) is 6.04 Å². The molecule has 3 heteroatoms. The van der Waals surface area contributed by atoms with E-state index < -0.39 is 0 Å². The maximum absolute atomic E-state index is 5.92. The van der Waals surface area contributed by atoms with Crippen LogP contribution in [0, 0.1) is 0 Å². The van der Waals surface area contributed by atoms with Crippen LogP contribution in [0.3, 0.4) is 0 Å². The molecule has 1 saturated heterocycles. The van der Waals surface area contributed by atoms with Crippen molar-refractivity contribution in [2.24, 2.45) is 0 Å². The zero-order chi connectivity index (χ0) is 9.10. The Labute approximate surface area is 83.3 Å². The van der Waals surface area contributed by atoms with Crippen molar-refractivity contribution in [2.75, 3.05) is 19.6 Å². The van der Waals surface area contributed by atoms with Crippen LogP contribution in [0.4, 0.5) is 0 Å². The number of nitrogens with one attached hydrogen (secondary N) is 2. The lowest BCUT2D eigenvalue weighted by Crippen LogP contribution is -2.42. The minimum Gasteiger partial charge on any atom is -0.314 e. The van der Waals surface area contributed by atoms with Gasteiger partial charge in [0, 0.05) is 30.7 Å². The van der Waals surface area contributed by atoms with Crippen LogP contribution < -0.4 is 10.6 Å². The number of halogens is 1. The van der Waals surface area contributed by atoms with Crippen LogP contribution in [0.25, 0.3) is 0 Å². The summed E-state index contributed by atoms with van der Waals surface area (Å²) in [5.74, 6) is 0. The first-order chi connectivity index (χ1) is 6.36. The Hall–Kier alpha value is -0.570. The van der Waals surface area contributed by atoms with E-state index in [0.717, 1.165) is 24.7 Å². The predicted molar refractivity (Wildman–Crippen MR) is 55.1 cm³/mol. The van der Waals surface area contributed by atoms with Crippen LogP contribution in [-0.4, -0.2) is 19.6 Å². The maximum Gasteiger partial charge on any atom is 0.0447 e. The van der Waals surface area contributed by atoms with Gasteiger partial charge in [-0.05, 0) is 17.7 Å². The summed E-state index contributed by atoms with van der Waals surface area (Å²) in [6.07, 6.45) is 0. The molecule has 0 bridgehead atoms. The predicted octanol–water partition coefficient (Wildman–Crippen LogP) is 1.57. The molecule has 2 rings (SSSR count). The van der Waals surface area contributed by atoms with Crippen molar-refractivity contribution < 1.29 is 0 Å². The highest BCUT2D eigenvalue weighted by molar-refractivity contribution is 6.30. The van der Waals surface area contributed by atoms with Crippen molar-refractivity contribution in [1.82, 2.24) is 10.6 Å². The zero-order valence-corrected chi connectivity index (χ0v) is 8.14. The largest absolute Gasteiger partial charge is 0.314 e. The van der Waals surface area contributed by atoms with Crippen LogP contribution in [0.2, 0.25) is 5.02 Å². The molecule has 1 aliphatic heterocycles. The monoisotopic (exact) mass is 196 g/mol. The highest BCUT2D eigenvalue weighted by atomic mass is 35.5. The molecule has 0 amide bonds. The van der Waals surface area contributed by atoms with Crippen molar-refractivity contribution in [2.45, 2.75) is 6.04 Å². The second-order valence-electron chi connectivity index (χ2n) is 3.27. The SMILES string of the molecule is Clc1cccc([C@H]2CNCCN2)c1. The van der Waals surface area contributed by atoms with Crippen molar-refractivity contribution >= 4 is 11.6 Å². The van der Waals surface area contributed by atoms with Crippen LogP contribution >= 0.6 is 11.6 Å². The Morgan fingerprint density at radius 3 is 2.92 bits per heavy atom. The third kappa shape index (κ3) is 2.21. The molecule has 0 unspecified atom stereocenters. The fraction of sp³-hybridized carbons (Fsp3) is 0.400. The minimum absolute atomic E-state index is 0.410. The number of benzene rings is 1. The molecule has 1 fully saturated rings. The Bertz CT molecular complexity index is 282. The fourth-order valence-corrected chi connectivity index (χ4v) is 1.81. The van der Waals surface area contributed by atoms with Gasteiger partial charge in [-0.15, -0.1) is 0 Å². The van der Waals surface area contributed by atoms with Gasteiger partial charge in [-0.3, -0.25) is 0 Å². The number of hydrogen-bond donors (Lipinski definition) is 2. The van der Waals surface area contributed by atoms with Gasteiger partial charge >= 0.3 is 0 Å². The van der Waals surface area contributed by atoms with Crippen molar-refractivity contribution in [3.8, 4) is 0 Å². The topological polar surface area (TPSA) is 24.1 Å². The average Bonchev–Trinajstić information content (AvgIpc) is 2.19. The Morgan fingerprint density at radius 1 is 1.31 bits per heavy atom. The van der Waals surface area contributed by atoms with Crippen LogP contribution in [0.5, 0.6) is 0 Å². The first kappa shape index (κ1) is 9.00. The van der Waals surface area contributed by atoms with E-state index in [2.05, 4.69) is 16.7 Å². The molecule has 1 aromatic rings. The fourth-order valence-electron chi connectivity index (χ4n) is 1.61. The molecule has 13 heavy (non-hydrogen) atoms. The van der Waals surface area contributed by atoms with Crippen LogP contribution in [0.15, 0.2) is 24.3 Å². The molecule has 1 aromatic carbocycles. The molecule has 0 aromatic heterocycles. The van der Waals surface area contributed by atoms with E-state index in [1.54, 1.807) is 0 Å². The molecule has 1 aliphatic rings. The normalized spacial score (nSPS) is 23.0. The lowest BCUT2D eigenvalue weighted by Gasteiger charge is -2.24.